The van der Waals surface area contributed by atoms with E-state index in [0.29, 0.717) is 0 Å². The smallest absolute Gasteiger partial charge is 0.258 e. The van der Waals surface area contributed by atoms with Gasteiger partial charge in [0.1, 0.15) is 0 Å². The quantitative estimate of drug-likeness (QED) is 0.701. The summed E-state index contributed by atoms with van der Waals surface area (Å²) in [7, 11) is 0. The Balaban J connectivity index is 1.77. The first-order valence-corrected chi connectivity index (χ1v) is 9.68. The molecular weight excluding hydrogens is 358 g/mol. The number of hydrogen-bond donors (Lipinski definition) is 2. The van der Waals surface area contributed by atoms with E-state index in [9.17, 15) is 4.79 Å². The zero-order valence-electron chi connectivity index (χ0n) is 15.8. The molecule has 2 aromatic carbocycles. The van der Waals surface area contributed by atoms with Gasteiger partial charge in [-0.3, -0.25) is 4.79 Å². The van der Waals surface area contributed by atoms with E-state index in [1.54, 1.807) is 4.57 Å². The maximum atomic E-state index is 12.8. The van der Waals surface area contributed by atoms with Crippen LogP contribution in [0.2, 0.25) is 5.02 Å². The summed E-state index contributed by atoms with van der Waals surface area (Å²) in [5.41, 5.74) is 3.07. The highest BCUT2D eigenvalue weighted by Crippen LogP contribution is 2.35. The number of benzene rings is 2. The molecule has 4 nitrogen and oxygen atoms in total. The molecule has 0 unspecified atom stereocenters. The van der Waals surface area contributed by atoms with Crippen molar-refractivity contribution in [2.75, 3.05) is 18.4 Å². The molecule has 1 fully saturated rings. The molecule has 0 amide bonds. The molecule has 140 valence electrons. The molecule has 1 aliphatic heterocycles. The predicted molar refractivity (Wildman–Crippen MR) is 113 cm³/mol. The maximum absolute atomic E-state index is 12.8. The number of aromatic nitrogens is 1. The number of hydrogen-bond acceptors (Lipinski definition) is 3. The molecule has 2 heterocycles. The topological polar surface area (TPSA) is 46.1 Å². The second-order valence-electron chi connectivity index (χ2n) is 7.65. The van der Waals surface area contributed by atoms with Crippen LogP contribution < -0.4 is 16.2 Å². The zero-order chi connectivity index (χ0) is 19.2. The Bertz CT molecular complexity index is 1070. The van der Waals surface area contributed by atoms with Gasteiger partial charge in [-0.05, 0) is 61.5 Å². The van der Waals surface area contributed by atoms with Crippen LogP contribution in [-0.4, -0.2) is 17.7 Å². The molecule has 0 aliphatic carbocycles. The Morgan fingerprint density at radius 3 is 2.63 bits per heavy atom. The number of pyridine rings is 1. The molecule has 0 radical (unpaired) electrons. The standard InChI is InChI=1S/C22H24ClN3O/c1-14(2)26-10-9-16-7-8-17(11-18(16)21(26)27)25-22(12-24-13-22)19-5-4-6-20(23)15(19)3/h4-11,14,24-25H,12-13H2,1-3H3. The molecule has 4 rings (SSSR count). The summed E-state index contributed by atoms with van der Waals surface area (Å²) in [6.07, 6.45) is 1.87. The number of nitrogens with zero attached hydrogens (tertiary/aromatic N) is 1. The summed E-state index contributed by atoms with van der Waals surface area (Å²) >= 11 is 6.36. The predicted octanol–water partition coefficient (Wildman–Crippen LogP) is 4.45. The van der Waals surface area contributed by atoms with Gasteiger partial charge in [-0.1, -0.05) is 29.8 Å². The van der Waals surface area contributed by atoms with E-state index in [4.69, 9.17) is 11.6 Å². The lowest BCUT2D eigenvalue weighted by molar-refractivity contribution is 0.316. The Morgan fingerprint density at radius 1 is 1.19 bits per heavy atom. The highest BCUT2D eigenvalue weighted by molar-refractivity contribution is 6.31. The lowest BCUT2D eigenvalue weighted by Crippen LogP contribution is -2.61. The Hall–Kier alpha value is -2.30. The fraction of sp³-hybridized carbons (Fsp3) is 0.318. The van der Waals surface area contributed by atoms with Crippen molar-refractivity contribution >= 4 is 28.1 Å². The van der Waals surface area contributed by atoms with Crippen molar-refractivity contribution in [3.8, 4) is 0 Å². The fourth-order valence-electron chi connectivity index (χ4n) is 3.86. The number of fused-ring (bicyclic) bond motifs is 1. The van der Waals surface area contributed by atoms with E-state index in [2.05, 4.69) is 23.6 Å². The van der Waals surface area contributed by atoms with Gasteiger partial charge in [-0.15, -0.1) is 0 Å². The first-order chi connectivity index (χ1) is 12.9. The Labute approximate surface area is 164 Å². The second kappa shape index (κ2) is 6.70. The van der Waals surface area contributed by atoms with Crippen molar-refractivity contribution in [1.29, 1.82) is 0 Å². The lowest BCUT2D eigenvalue weighted by atomic mass is 9.81. The first-order valence-electron chi connectivity index (χ1n) is 9.31. The fourth-order valence-corrected chi connectivity index (χ4v) is 4.04. The van der Waals surface area contributed by atoms with Crippen molar-refractivity contribution < 1.29 is 0 Å². The largest absolute Gasteiger partial charge is 0.373 e. The van der Waals surface area contributed by atoms with Crippen molar-refractivity contribution in [1.82, 2.24) is 9.88 Å². The average Bonchev–Trinajstić information content (AvgIpc) is 2.61. The van der Waals surface area contributed by atoms with Crippen LogP contribution in [0.25, 0.3) is 10.8 Å². The summed E-state index contributed by atoms with van der Waals surface area (Å²) in [6, 6.07) is 14.2. The normalized spacial score (nSPS) is 15.7. The SMILES string of the molecule is Cc1c(Cl)cccc1C1(Nc2ccc3ccn(C(C)C)c(=O)c3c2)CNC1. The van der Waals surface area contributed by atoms with Gasteiger partial charge in [0.15, 0.2) is 0 Å². The van der Waals surface area contributed by atoms with Gasteiger partial charge < -0.3 is 15.2 Å². The van der Waals surface area contributed by atoms with E-state index in [1.165, 1.54) is 5.56 Å². The van der Waals surface area contributed by atoms with Crippen LogP contribution >= 0.6 is 11.6 Å². The van der Waals surface area contributed by atoms with Crippen LogP contribution in [0, 0.1) is 6.92 Å². The minimum atomic E-state index is -0.214. The monoisotopic (exact) mass is 381 g/mol. The first kappa shape index (κ1) is 18.1. The molecule has 0 bridgehead atoms. The third-order valence-electron chi connectivity index (χ3n) is 5.51. The molecule has 0 saturated carbocycles. The van der Waals surface area contributed by atoms with Crippen LogP contribution in [0.15, 0.2) is 53.5 Å². The molecule has 27 heavy (non-hydrogen) atoms. The molecular formula is C22H24ClN3O. The lowest BCUT2D eigenvalue weighted by Gasteiger charge is -2.45. The Morgan fingerprint density at radius 2 is 1.96 bits per heavy atom. The molecule has 3 aromatic rings. The molecule has 5 heteroatoms. The van der Waals surface area contributed by atoms with Gasteiger partial charge in [0.05, 0.1) is 5.54 Å². The molecule has 0 spiro atoms. The summed E-state index contributed by atoms with van der Waals surface area (Å²) in [6.45, 7) is 7.73. The van der Waals surface area contributed by atoms with Gasteiger partial charge >= 0.3 is 0 Å². The number of rotatable bonds is 4. The highest BCUT2D eigenvalue weighted by atomic mass is 35.5. The van der Waals surface area contributed by atoms with Crippen LogP contribution in [-0.2, 0) is 5.54 Å². The third-order valence-corrected chi connectivity index (χ3v) is 5.92. The average molecular weight is 382 g/mol. The van der Waals surface area contributed by atoms with Crippen LogP contribution in [0.3, 0.4) is 0 Å². The number of anilines is 1. The molecule has 2 N–H and O–H groups in total. The minimum absolute atomic E-state index is 0.0471. The third kappa shape index (κ3) is 3.03. The van der Waals surface area contributed by atoms with E-state index >= 15 is 0 Å². The summed E-state index contributed by atoms with van der Waals surface area (Å²) in [5.74, 6) is 0. The Kier molecular flexibility index (Phi) is 4.49. The molecule has 0 atom stereocenters. The number of nitrogens with one attached hydrogen (secondary N) is 2. The van der Waals surface area contributed by atoms with Gasteiger partial charge in [0.2, 0.25) is 0 Å². The molecule has 1 saturated heterocycles. The van der Waals surface area contributed by atoms with Gasteiger partial charge in [-0.2, -0.15) is 0 Å². The van der Waals surface area contributed by atoms with Crippen LogP contribution in [0.4, 0.5) is 5.69 Å². The van der Waals surface area contributed by atoms with Crippen molar-refractivity contribution in [3.63, 3.8) is 0 Å². The summed E-state index contributed by atoms with van der Waals surface area (Å²) in [4.78, 5) is 12.8. The molecule has 1 aliphatic rings. The highest BCUT2D eigenvalue weighted by Gasteiger charge is 2.40. The van der Waals surface area contributed by atoms with E-state index in [0.717, 1.165) is 40.1 Å². The van der Waals surface area contributed by atoms with E-state index in [-0.39, 0.29) is 17.1 Å². The van der Waals surface area contributed by atoms with Gasteiger partial charge in [0, 0.05) is 41.4 Å². The van der Waals surface area contributed by atoms with E-state index < -0.39 is 0 Å². The molecule has 1 aromatic heterocycles. The van der Waals surface area contributed by atoms with Gasteiger partial charge in [0.25, 0.3) is 5.56 Å². The second-order valence-corrected chi connectivity index (χ2v) is 8.05. The van der Waals surface area contributed by atoms with Gasteiger partial charge in [-0.25, -0.2) is 0 Å². The summed E-state index contributed by atoms with van der Waals surface area (Å²) < 4.78 is 1.77. The van der Waals surface area contributed by atoms with Crippen LogP contribution in [0.5, 0.6) is 0 Å². The van der Waals surface area contributed by atoms with Crippen LogP contribution in [0.1, 0.15) is 31.0 Å². The maximum Gasteiger partial charge on any atom is 0.258 e. The minimum Gasteiger partial charge on any atom is -0.373 e. The summed E-state index contributed by atoms with van der Waals surface area (Å²) in [5, 5.41) is 9.52. The zero-order valence-corrected chi connectivity index (χ0v) is 16.6. The number of halogens is 1. The van der Waals surface area contributed by atoms with E-state index in [1.807, 2.05) is 56.4 Å². The van der Waals surface area contributed by atoms with Crippen molar-refractivity contribution in [2.24, 2.45) is 0 Å². The van der Waals surface area contributed by atoms with Crippen molar-refractivity contribution in [2.45, 2.75) is 32.4 Å². The van der Waals surface area contributed by atoms with Crippen molar-refractivity contribution in [3.05, 3.63) is 75.2 Å².